The summed E-state index contributed by atoms with van der Waals surface area (Å²) in [6, 6.07) is 2.03. The summed E-state index contributed by atoms with van der Waals surface area (Å²) in [5, 5.41) is 4.03. The van der Waals surface area contributed by atoms with Gasteiger partial charge in [-0.15, -0.1) is 0 Å². The summed E-state index contributed by atoms with van der Waals surface area (Å²) >= 11 is 0. The Labute approximate surface area is 115 Å². The number of carbonyl (C=O) groups excluding carboxylic acids is 1. The molecule has 0 spiro atoms. The molecule has 2 aromatic heterocycles. The lowest BCUT2D eigenvalue weighted by Gasteiger charge is -2.00. The molecule has 0 aromatic carbocycles. The van der Waals surface area contributed by atoms with Gasteiger partial charge in [0.05, 0.1) is 11.8 Å². The number of hydrogen-bond acceptors (Lipinski definition) is 4. The molecular formula is C14H13N5O. The van der Waals surface area contributed by atoms with Crippen molar-refractivity contribution < 1.29 is 4.79 Å². The fourth-order valence-electron chi connectivity index (χ4n) is 2.13. The number of carbonyl (C=O) groups is 1. The number of nitrogens with zero attached hydrogens (tertiary/aromatic N) is 3. The van der Waals surface area contributed by atoms with Crippen molar-refractivity contribution in [3.05, 3.63) is 52.9 Å². The summed E-state index contributed by atoms with van der Waals surface area (Å²) in [6.07, 6.45) is 6.52. The van der Waals surface area contributed by atoms with E-state index in [4.69, 9.17) is 0 Å². The van der Waals surface area contributed by atoms with Crippen molar-refractivity contribution in [3.63, 3.8) is 0 Å². The Bertz CT molecular complexity index is 727. The van der Waals surface area contributed by atoms with Gasteiger partial charge in [0.2, 0.25) is 0 Å². The topological polar surface area (TPSA) is 83.0 Å². The van der Waals surface area contributed by atoms with E-state index >= 15 is 0 Å². The Morgan fingerprint density at radius 2 is 2.10 bits per heavy atom. The van der Waals surface area contributed by atoms with Crippen molar-refractivity contribution in [1.82, 2.24) is 20.4 Å². The van der Waals surface area contributed by atoms with E-state index in [1.807, 2.05) is 19.9 Å². The first kappa shape index (κ1) is 12.3. The molecule has 0 unspecified atom stereocenters. The van der Waals surface area contributed by atoms with Crippen molar-refractivity contribution in [1.29, 1.82) is 0 Å². The van der Waals surface area contributed by atoms with E-state index in [-0.39, 0.29) is 5.91 Å². The molecule has 20 heavy (non-hydrogen) atoms. The maximum Gasteiger partial charge on any atom is 0.273 e. The van der Waals surface area contributed by atoms with Gasteiger partial charge in [-0.3, -0.25) is 14.8 Å². The number of hydrazone groups is 1. The summed E-state index contributed by atoms with van der Waals surface area (Å²) in [5.74, 6) is -0.239. The minimum absolute atomic E-state index is 0.239. The lowest BCUT2D eigenvalue weighted by molar-refractivity contribution is -0.116. The minimum atomic E-state index is -0.239. The van der Waals surface area contributed by atoms with E-state index in [0.717, 1.165) is 17.0 Å². The lowest BCUT2D eigenvalue weighted by atomic mass is 10.1. The largest absolute Gasteiger partial charge is 0.359 e. The Morgan fingerprint density at radius 1 is 1.25 bits per heavy atom. The van der Waals surface area contributed by atoms with Crippen molar-refractivity contribution in [2.45, 2.75) is 13.8 Å². The molecule has 2 aromatic rings. The molecular weight excluding hydrogens is 254 g/mol. The minimum Gasteiger partial charge on any atom is -0.359 e. The first-order valence-electron chi connectivity index (χ1n) is 6.18. The molecule has 2 N–H and O–H groups in total. The van der Waals surface area contributed by atoms with Crippen LogP contribution in [-0.2, 0) is 4.79 Å². The fraction of sp³-hybridized carbons (Fsp3) is 0.143. The third-order valence-corrected chi connectivity index (χ3v) is 3.05. The summed E-state index contributed by atoms with van der Waals surface area (Å²) in [7, 11) is 0. The van der Waals surface area contributed by atoms with Crippen LogP contribution in [0.5, 0.6) is 0 Å². The molecule has 3 heterocycles. The third kappa shape index (κ3) is 2.11. The van der Waals surface area contributed by atoms with E-state index in [1.165, 1.54) is 0 Å². The van der Waals surface area contributed by atoms with Crippen molar-refractivity contribution in [2.24, 2.45) is 5.10 Å². The number of rotatable bonds is 2. The van der Waals surface area contributed by atoms with Gasteiger partial charge in [-0.05, 0) is 31.6 Å². The summed E-state index contributed by atoms with van der Waals surface area (Å²) < 4.78 is 0. The van der Waals surface area contributed by atoms with Crippen LogP contribution < -0.4 is 5.43 Å². The molecule has 1 aliphatic rings. The quantitative estimate of drug-likeness (QED) is 0.805. The van der Waals surface area contributed by atoms with Crippen LogP contribution >= 0.6 is 0 Å². The van der Waals surface area contributed by atoms with Crippen LogP contribution in [0.15, 0.2) is 35.3 Å². The highest BCUT2D eigenvalue weighted by atomic mass is 16.2. The average Bonchev–Trinajstić information content (AvgIpc) is 2.95. The fourth-order valence-corrected chi connectivity index (χ4v) is 2.13. The van der Waals surface area contributed by atoms with Gasteiger partial charge in [-0.2, -0.15) is 5.10 Å². The van der Waals surface area contributed by atoms with Gasteiger partial charge in [-0.25, -0.2) is 5.43 Å². The molecule has 0 atom stereocenters. The van der Waals surface area contributed by atoms with Gasteiger partial charge < -0.3 is 4.98 Å². The molecule has 6 nitrogen and oxygen atoms in total. The zero-order chi connectivity index (χ0) is 14.1. The van der Waals surface area contributed by atoms with Gasteiger partial charge in [-0.1, -0.05) is 0 Å². The van der Waals surface area contributed by atoms with Crippen LogP contribution in [-0.4, -0.2) is 26.6 Å². The van der Waals surface area contributed by atoms with E-state index < -0.39 is 0 Å². The predicted molar refractivity (Wildman–Crippen MR) is 75.0 cm³/mol. The standard InChI is InChI=1S/C14H13N5O/c1-8-5-9(2)17-11(8)6-10-13(18-19-14(10)20)12-7-15-3-4-16-12/h3-7,17H,1-2H3,(H,19,20). The predicted octanol–water partition coefficient (Wildman–Crippen LogP) is 1.34. The van der Waals surface area contributed by atoms with Crippen LogP contribution in [0.1, 0.15) is 22.6 Å². The monoisotopic (exact) mass is 267 g/mol. The molecule has 3 rings (SSSR count). The highest BCUT2D eigenvalue weighted by Crippen LogP contribution is 2.18. The second-order valence-corrected chi connectivity index (χ2v) is 4.60. The maximum absolute atomic E-state index is 11.9. The van der Waals surface area contributed by atoms with E-state index in [2.05, 4.69) is 25.5 Å². The molecule has 0 saturated carbocycles. The number of amides is 1. The van der Waals surface area contributed by atoms with Gasteiger partial charge >= 0.3 is 0 Å². The number of nitrogens with one attached hydrogen (secondary N) is 2. The van der Waals surface area contributed by atoms with Crippen LogP contribution in [0.3, 0.4) is 0 Å². The summed E-state index contributed by atoms with van der Waals surface area (Å²) in [5.41, 5.74) is 7.04. The first-order valence-corrected chi connectivity index (χ1v) is 6.18. The molecule has 0 bridgehead atoms. The number of aromatic nitrogens is 3. The Balaban J connectivity index is 2.05. The van der Waals surface area contributed by atoms with Crippen molar-refractivity contribution in [2.75, 3.05) is 0 Å². The molecule has 100 valence electrons. The van der Waals surface area contributed by atoms with E-state index in [1.54, 1.807) is 24.7 Å². The van der Waals surface area contributed by atoms with Gasteiger partial charge in [0.25, 0.3) is 5.91 Å². The first-order chi connectivity index (χ1) is 9.65. The SMILES string of the molecule is Cc1cc(C)c(C=C2C(=O)NN=C2c2cnccn2)[nH]1. The van der Waals surface area contributed by atoms with Gasteiger partial charge in [0, 0.05) is 23.8 Å². The smallest absolute Gasteiger partial charge is 0.273 e. The molecule has 1 amide bonds. The molecule has 1 aliphatic heterocycles. The number of aryl methyl sites for hydroxylation is 2. The lowest BCUT2D eigenvalue weighted by Crippen LogP contribution is -2.14. The zero-order valence-electron chi connectivity index (χ0n) is 11.1. The Morgan fingerprint density at radius 3 is 2.75 bits per heavy atom. The summed E-state index contributed by atoms with van der Waals surface area (Å²) in [6.45, 7) is 3.96. The van der Waals surface area contributed by atoms with Crippen molar-refractivity contribution in [3.8, 4) is 0 Å². The van der Waals surface area contributed by atoms with Gasteiger partial charge in [0.15, 0.2) is 0 Å². The highest BCUT2D eigenvalue weighted by Gasteiger charge is 2.25. The normalized spacial score (nSPS) is 16.4. The van der Waals surface area contributed by atoms with Crippen LogP contribution in [0.2, 0.25) is 0 Å². The molecule has 0 aliphatic carbocycles. The number of H-pyrrole nitrogens is 1. The number of hydrogen-bond donors (Lipinski definition) is 2. The molecule has 0 fully saturated rings. The van der Waals surface area contributed by atoms with E-state index in [9.17, 15) is 4.79 Å². The Hall–Kier alpha value is -2.76. The zero-order valence-corrected chi connectivity index (χ0v) is 11.1. The maximum atomic E-state index is 11.9. The molecule has 0 saturated heterocycles. The van der Waals surface area contributed by atoms with Crippen LogP contribution in [0, 0.1) is 13.8 Å². The Kier molecular flexibility index (Phi) is 2.90. The second-order valence-electron chi connectivity index (χ2n) is 4.60. The number of aromatic amines is 1. The second kappa shape index (κ2) is 4.73. The van der Waals surface area contributed by atoms with Crippen molar-refractivity contribution >= 4 is 17.7 Å². The third-order valence-electron chi connectivity index (χ3n) is 3.05. The van der Waals surface area contributed by atoms with E-state index in [0.29, 0.717) is 17.0 Å². The van der Waals surface area contributed by atoms with Gasteiger partial charge in [0.1, 0.15) is 11.4 Å². The molecule has 6 heteroatoms. The highest BCUT2D eigenvalue weighted by molar-refractivity contribution is 6.32. The average molecular weight is 267 g/mol. The van der Waals surface area contributed by atoms with Crippen LogP contribution in [0.4, 0.5) is 0 Å². The molecule has 0 radical (unpaired) electrons. The summed E-state index contributed by atoms with van der Waals surface area (Å²) in [4.78, 5) is 23.3. The van der Waals surface area contributed by atoms with Crippen LogP contribution in [0.25, 0.3) is 6.08 Å².